The van der Waals surface area contributed by atoms with E-state index in [1.54, 1.807) is 12.1 Å². The molecule has 0 amide bonds. The number of nitrogens with one attached hydrogen (secondary N) is 1. The Hall–Kier alpha value is -1.39. The van der Waals surface area contributed by atoms with Crippen molar-refractivity contribution in [2.24, 2.45) is 5.92 Å². The zero-order valence-electron chi connectivity index (χ0n) is 12.3. The molecule has 2 aliphatic rings. The van der Waals surface area contributed by atoms with E-state index in [0.717, 1.165) is 51.0 Å². The Labute approximate surface area is 125 Å². The molecule has 0 radical (unpaired) electrons. The third-order valence-corrected chi connectivity index (χ3v) is 4.57. The summed E-state index contributed by atoms with van der Waals surface area (Å²) in [6.45, 7) is 2.69. The van der Waals surface area contributed by atoms with E-state index in [0.29, 0.717) is 5.92 Å². The molecule has 1 fully saturated rings. The first-order valence-corrected chi connectivity index (χ1v) is 7.77. The molecule has 0 saturated carbocycles. The van der Waals surface area contributed by atoms with Crippen LogP contribution < -0.4 is 10.2 Å². The molecule has 4 heteroatoms. The molecular formula is C17H23FN2O. The van der Waals surface area contributed by atoms with Crippen molar-refractivity contribution >= 4 is 5.69 Å². The second-order valence-corrected chi connectivity index (χ2v) is 6.29. The quantitative estimate of drug-likeness (QED) is 0.898. The summed E-state index contributed by atoms with van der Waals surface area (Å²) in [6.07, 6.45) is 7.75. The minimum absolute atomic E-state index is 0.208. The number of benzene rings is 1. The topological polar surface area (TPSA) is 35.5 Å². The Kier molecular flexibility index (Phi) is 4.27. The number of hydrogen-bond donors (Lipinski definition) is 2. The van der Waals surface area contributed by atoms with Gasteiger partial charge in [-0.05, 0) is 69.0 Å². The number of anilines is 1. The predicted octanol–water partition coefficient (Wildman–Crippen LogP) is 2.67. The molecule has 0 aromatic heterocycles. The third kappa shape index (κ3) is 3.63. The molecule has 3 nitrogen and oxygen atoms in total. The lowest BCUT2D eigenvalue weighted by molar-refractivity contribution is -0.0108. The molecule has 1 aromatic rings. The molecule has 1 atom stereocenters. The number of aliphatic hydroxyl groups is 1. The maximum absolute atomic E-state index is 13.0. The third-order valence-electron chi connectivity index (χ3n) is 4.57. The van der Waals surface area contributed by atoms with Gasteiger partial charge < -0.3 is 15.3 Å². The largest absolute Gasteiger partial charge is 0.390 e. The van der Waals surface area contributed by atoms with E-state index in [-0.39, 0.29) is 5.82 Å². The van der Waals surface area contributed by atoms with Gasteiger partial charge in [-0.3, -0.25) is 0 Å². The Balaban J connectivity index is 1.64. The van der Waals surface area contributed by atoms with Crippen molar-refractivity contribution in [3.05, 3.63) is 42.4 Å². The maximum Gasteiger partial charge on any atom is 0.123 e. The van der Waals surface area contributed by atoms with Crippen molar-refractivity contribution in [3.63, 3.8) is 0 Å². The lowest BCUT2D eigenvalue weighted by Gasteiger charge is -2.38. The zero-order valence-corrected chi connectivity index (χ0v) is 12.3. The van der Waals surface area contributed by atoms with Gasteiger partial charge in [0.2, 0.25) is 0 Å². The van der Waals surface area contributed by atoms with Crippen LogP contribution in [0.4, 0.5) is 10.1 Å². The summed E-state index contributed by atoms with van der Waals surface area (Å²) in [5.74, 6) is 0.239. The minimum Gasteiger partial charge on any atom is -0.390 e. The number of nitrogens with zero attached hydrogens (tertiary/aromatic N) is 1. The Morgan fingerprint density at radius 2 is 1.95 bits per heavy atom. The van der Waals surface area contributed by atoms with Crippen molar-refractivity contribution in [3.8, 4) is 0 Å². The Morgan fingerprint density at radius 1 is 1.24 bits per heavy atom. The highest BCUT2D eigenvalue weighted by atomic mass is 19.1. The van der Waals surface area contributed by atoms with Crippen LogP contribution >= 0.6 is 0 Å². The van der Waals surface area contributed by atoms with Crippen LogP contribution in [0.15, 0.2) is 36.5 Å². The van der Waals surface area contributed by atoms with Crippen molar-refractivity contribution in [2.75, 3.05) is 24.5 Å². The fraction of sp³-hybridized carbons (Fsp3) is 0.529. The fourth-order valence-electron chi connectivity index (χ4n) is 3.40. The van der Waals surface area contributed by atoms with E-state index in [2.05, 4.69) is 22.5 Å². The average molecular weight is 290 g/mol. The first-order valence-electron chi connectivity index (χ1n) is 7.77. The monoisotopic (exact) mass is 290 g/mol. The smallest absolute Gasteiger partial charge is 0.123 e. The van der Waals surface area contributed by atoms with Gasteiger partial charge in [0.05, 0.1) is 5.60 Å². The fourth-order valence-corrected chi connectivity index (χ4v) is 3.40. The van der Waals surface area contributed by atoms with E-state index in [1.165, 1.54) is 12.1 Å². The normalized spacial score (nSPS) is 25.0. The minimum atomic E-state index is -0.518. The average Bonchev–Trinajstić information content (AvgIpc) is 2.48. The van der Waals surface area contributed by atoms with Crippen LogP contribution in [0, 0.1) is 11.7 Å². The summed E-state index contributed by atoms with van der Waals surface area (Å²) >= 11 is 0. The first kappa shape index (κ1) is 14.5. The second-order valence-electron chi connectivity index (χ2n) is 6.29. The summed E-state index contributed by atoms with van der Waals surface area (Å²) in [6, 6.07) is 6.60. The lowest BCUT2D eigenvalue weighted by atomic mass is 9.81. The first-order chi connectivity index (χ1) is 10.1. The highest BCUT2D eigenvalue weighted by Gasteiger charge is 2.32. The van der Waals surface area contributed by atoms with Crippen molar-refractivity contribution in [1.82, 2.24) is 5.32 Å². The van der Waals surface area contributed by atoms with Gasteiger partial charge in [-0.25, -0.2) is 4.39 Å². The summed E-state index contributed by atoms with van der Waals surface area (Å²) in [4.78, 5) is 2.15. The molecule has 2 heterocycles. The SMILES string of the molecule is OC1(CC2CC=CN(c3ccc(F)cc3)C2)CCNCC1. The molecule has 2 N–H and O–H groups in total. The molecular weight excluding hydrogens is 267 g/mol. The van der Waals surface area contributed by atoms with E-state index < -0.39 is 5.60 Å². The van der Waals surface area contributed by atoms with Gasteiger partial charge in [-0.2, -0.15) is 0 Å². The van der Waals surface area contributed by atoms with Crippen LogP contribution in [0.1, 0.15) is 25.7 Å². The van der Waals surface area contributed by atoms with Crippen LogP contribution in [-0.2, 0) is 0 Å². The maximum atomic E-state index is 13.0. The van der Waals surface area contributed by atoms with Gasteiger partial charge in [-0.1, -0.05) is 6.08 Å². The van der Waals surface area contributed by atoms with E-state index in [9.17, 15) is 9.50 Å². The molecule has 1 aromatic carbocycles. The number of halogens is 1. The van der Waals surface area contributed by atoms with Gasteiger partial charge in [0.25, 0.3) is 0 Å². The molecule has 0 aliphatic carbocycles. The van der Waals surface area contributed by atoms with Crippen molar-refractivity contribution in [1.29, 1.82) is 0 Å². The summed E-state index contributed by atoms with van der Waals surface area (Å²) in [7, 11) is 0. The zero-order chi connectivity index (χ0) is 14.7. The second kappa shape index (κ2) is 6.16. The molecule has 21 heavy (non-hydrogen) atoms. The summed E-state index contributed by atoms with van der Waals surface area (Å²) < 4.78 is 13.0. The molecule has 1 unspecified atom stereocenters. The number of piperidine rings is 1. The van der Waals surface area contributed by atoms with Crippen LogP contribution in [-0.4, -0.2) is 30.3 Å². The molecule has 0 bridgehead atoms. The highest BCUT2D eigenvalue weighted by molar-refractivity contribution is 5.49. The molecule has 1 saturated heterocycles. The summed E-state index contributed by atoms with van der Waals surface area (Å²) in [5, 5.41) is 14.0. The summed E-state index contributed by atoms with van der Waals surface area (Å²) in [5.41, 5.74) is 0.491. The molecule has 3 rings (SSSR count). The Bertz CT molecular complexity index is 494. The van der Waals surface area contributed by atoms with Gasteiger partial charge in [0.15, 0.2) is 0 Å². The van der Waals surface area contributed by atoms with E-state index >= 15 is 0 Å². The number of rotatable bonds is 3. The lowest BCUT2D eigenvalue weighted by Crippen LogP contribution is -2.44. The number of hydrogen-bond acceptors (Lipinski definition) is 3. The van der Waals surface area contributed by atoms with E-state index in [1.807, 2.05) is 0 Å². The van der Waals surface area contributed by atoms with Crippen LogP contribution in [0.25, 0.3) is 0 Å². The molecule has 114 valence electrons. The van der Waals surface area contributed by atoms with Crippen molar-refractivity contribution < 1.29 is 9.50 Å². The highest BCUT2D eigenvalue weighted by Crippen LogP contribution is 2.31. The van der Waals surface area contributed by atoms with Crippen LogP contribution in [0.3, 0.4) is 0 Å². The Morgan fingerprint density at radius 3 is 2.67 bits per heavy atom. The standard InChI is InChI=1S/C17H23FN2O/c18-15-3-5-16(6-4-15)20-11-1-2-14(13-20)12-17(21)7-9-19-10-8-17/h1,3-6,11,14,19,21H,2,7-10,12-13H2. The molecule has 2 aliphatic heterocycles. The van der Waals surface area contributed by atoms with Gasteiger partial charge >= 0.3 is 0 Å². The van der Waals surface area contributed by atoms with Crippen molar-refractivity contribution in [2.45, 2.75) is 31.3 Å². The van der Waals surface area contributed by atoms with E-state index in [4.69, 9.17) is 0 Å². The number of allylic oxidation sites excluding steroid dienone is 1. The van der Waals surface area contributed by atoms with Crippen LogP contribution in [0.2, 0.25) is 0 Å². The van der Waals surface area contributed by atoms with Crippen LogP contribution in [0.5, 0.6) is 0 Å². The van der Waals surface area contributed by atoms with Gasteiger partial charge in [0.1, 0.15) is 5.82 Å². The van der Waals surface area contributed by atoms with Gasteiger partial charge in [-0.15, -0.1) is 0 Å². The predicted molar refractivity (Wildman–Crippen MR) is 82.7 cm³/mol. The molecule has 0 spiro atoms. The van der Waals surface area contributed by atoms with Gasteiger partial charge in [0, 0.05) is 18.4 Å².